The Bertz CT molecular complexity index is 2040. The van der Waals surface area contributed by atoms with E-state index in [0.717, 1.165) is 36.4 Å². The van der Waals surface area contributed by atoms with E-state index in [2.05, 4.69) is 20.5 Å². The number of azo groups is 2. The molecule has 0 unspecified atom stereocenters. The van der Waals surface area contributed by atoms with Crippen molar-refractivity contribution in [1.82, 2.24) is 0 Å². The van der Waals surface area contributed by atoms with E-state index >= 15 is 0 Å². The fourth-order valence-corrected chi connectivity index (χ4v) is 5.23. The first-order chi connectivity index (χ1) is 21.5. The number of carboxylic acids is 2. The monoisotopic (exact) mass is 666 g/mol. The van der Waals surface area contributed by atoms with Gasteiger partial charge in [-0.05, 0) is 71.8 Å². The molecule has 4 aromatic carbocycles. The van der Waals surface area contributed by atoms with Gasteiger partial charge in [-0.25, -0.2) is 9.59 Å². The average molecular weight is 667 g/mol. The summed E-state index contributed by atoms with van der Waals surface area (Å²) in [5.41, 5.74) is 11.2. The zero-order valence-corrected chi connectivity index (χ0v) is 24.7. The number of anilines is 2. The van der Waals surface area contributed by atoms with Gasteiger partial charge < -0.3 is 21.7 Å². The quantitative estimate of drug-likeness (QED) is 0.0511. The van der Waals surface area contributed by atoms with E-state index in [9.17, 15) is 35.5 Å². The summed E-state index contributed by atoms with van der Waals surface area (Å²) in [7, 11) is -9.72. The third kappa shape index (κ3) is 8.01. The third-order valence-corrected chi connectivity index (χ3v) is 7.91. The lowest BCUT2D eigenvalue weighted by molar-refractivity contribution is 0.0686. The minimum absolute atomic E-state index is 0.00440. The first kappa shape index (κ1) is 33.1. The van der Waals surface area contributed by atoms with Crippen LogP contribution in [0.1, 0.15) is 31.8 Å². The van der Waals surface area contributed by atoms with Crippen molar-refractivity contribution in [3.63, 3.8) is 0 Å². The standard InChI is InChI=1S/C28H22N6O10S2/c29-21-9-5-17(27(35)36)11-23(21)33-31-19-7-3-15(25(13-19)45(39,40)41)1-2-16-4-8-20(14-26(16)46(42,43)44)32-34-24-12-18(28(37)38)6-10-22(24)30/h1-14H,29-30H2,(H,35,36)(H,37,38)(H,39,40,41)(H,42,43,44)/b2-1+,33-31+,34-32+. The predicted octanol–water partition coefficient (Wildman–Crippen LogP) is 5.74. The number of aromatic carboxylic acids is 2. The van der Waals surface area contributed by atoms with Gasteiger partial charge in [-0.3, -0.25) is 9.11 Å². The van der Waals surface area contributed by atoms with E-state index in [1.807, 2.05) is 0 Å². The molecule has 0 saturated heterocycles. The molecule has 8 N–H and O–H groups in total. The average Bonchev–Trinajstić information content (AvgIpc) is 2.98. The minimum Gasteiger partial charge on any atom is -0.478 e. The Morgan fingerprint density at radius 2 is 0.935 bits per heavy atom. The Hall–Kier alpha value is -5.82. The lowest BCUT2D eigenvalue weighted by atomic mass is 10.1. The molecule has 0 aliphatic rings. The molecule has 0 saturated carbocycles. The molecule has 0 heterocycles. The van der Waals surface area contributed by atoms with Gasteiger partial charge in [0, 0.05) is 0 Å². The van der Waals surface area contributed by atoms with Gasteiger partial charge >= 0.3 is 11.9 Å². The minimum atomic E-state index is -4.86. The molecule has 16 nitrogen and oxygen atoms in total. The molecule has 0 fully saturated rings. The van der Waals surface area contributed by atoms with Crippen LogP contribution in [0.4, 0.5) is 34.1 Å². The maximum atomic E-state index is 12.2. The van der Waals surface area contributed by atoms with Gasteiger partial charge in [0.15, 0.2) is 0 Å². The maximum Gasteiger partial charge on any atom is 0.335 e. The molecule has 0 atom stereocenters. The van der Waals surface area contributed by atoms with Crippen molar-refractivity contribution >= 4 is 78.5 Å². The summed E-state index contributed by atoms with van der Waals surface area (Å²) in [6, 6.07) is 14.5. The summed E-state index contributed by atoms with van der Waals surface area (Å²) < 4.78 is 68.4. The molecule has 0 aliphatic heterocycles. The number of carbonyl (C=O) groups is 2. The largest absolute Gasteiger partial charge is 0.478 e. The second kappa shape index (κ2) is 13.0. The molecule has 4 rings (SSSR count). The first-order valence-corrected chi connectivity index (χ1v) is 15.4. The fourth-order valence-electron chi connectivity index (χ4n) is 3.82. The van der Waals surface area contributed by atoms with Crippen LogP contribution < -0.4 is 11.5 Å². The first-order valence-electron chi connectivity index (χ1n) is 12.5. The molecule has 0 spiro atoms. The van der Waals surface area contributed by atoms with Gasteiger partial charge in [0.05, 0.1) is 33.9 Å². The van der Waals surface area contributed by atoms with E-state index in [-0.39, 0.29) is 56.4 Å². The Morgan fingerprint density at radius 1 is 0.565 bits per heavy atom. The van der Waals surface area contributed by atoms with Gasteiger partial charge in [0.2, 0.25) is 0 Å². The van der Waals surface area contributed by atoms with Crippen molar-refractivity contribution in [2.24, 2.45) is 20.5 Å². The third-order valence-electron chi connectivity index (χ3n) is 6.09. The number of nitrogen functional groups attached to an aromatic ring is 2. The summed E-state index contributed by atoms with van der Waals surface area (Å²) in [5.74, 6) is -2.46. The molecule has 0 aromatic heterocycles. The van der Waals surface area contributed by atoms with Crippen LogP contribution in [0.3, 0.4) is 0 Å². The Morgan fingerprint density at radius 3 is 1.26 bits per heavy atom. The van der Waals surface area contributed by atoms with E-state index in [1.165, 1.54) is 48.5 Å². The van der Waals surface area contributed by atoms with Gasteiger partial charge in [-0.2, -0.15) is 27.1 Å². The second-order valence-corrected chi connectivity index (χ2v) is 12.1. The molecule has 0 amide bonds. The Balaban J connectivity index is 1.68. The predicted molar refractivity (Wildman–Crippen MR) is 165 cm³/mol. The normalized spacial score (nSPS) is 12.3. The van der Waals surface area contributed by atoms with Crippen molar-refractivity contribution in [2.75, 3.05) is 11.5 Å². The molecule has 18 heteroatoms. The van der Waals surface area contributed by atoms with Crippen LogP contribution in [0.15, 0.2) is 103 Å². The number of hydrogen-bond donors (Lipinski definition) is 6. The van der Waals surface area contributed by atoms with Gasteiger partial charge in [0.1, 0.15) is 21.2 Å². The molecular weight excluding hydrogens is 644 g/mol. The summed E-state index contributed by atoms with van der Waals surface area (Å²) in [6.45, 7) is 0. The SMILES string of the molecule is Nc1ccc(C(=O)O)cc1/N=N/c1ccc(/C=C/c2ccc(/N=N/c3cc(C(=O)O)ccc3N)cc2S(=O)(=O)O)c(S(=O)(=O)O)c1. The number of nitrogens with zero attached hydrogens (tertiary/aromatic N) is 4. The van der Waals surface area contributed by atoms with Gasteiger partial charge in [0.25, 0.3) is 20.2 Å². The molecular formula is C28H22N6O10S2. The number of rotatable bonds is 10. The molecule has 4 aromatic rings. The van der Waals surface area contributed by atoms with Gasteiger partial charge in [-0.15, -0.1) is 10.2 Å². The highest BCUT2D eigenvalue weighted by molar-refractivity contribution is 7.86. The highest BCUT2D eigenvalue weighted by atomic mass is 32.2. The lowest BCUT2D eigenvalue weighted by Gasteiger charge is -2.07. The van der Waals surface area contributed by atoms with Crippen LogP contribution in [0.25, 0.3) is 12.2 Å². The van der Waals surface area contributed by atoms with Crippen molar-refractivity contribution in [3.8, 4) is 0 Å². The molecule has 0 aliphatic carbocycles. The summed E-state index contributed by atoms with van der Waals surface area (Å²) in [6.07, 6.45) is 2.31. The molecule has 46 heavy (non-hydrogen) atoms. The van der Waals surface area contributed by atoms with Crippen molar-refractivity contribution < 1.29 is 45.7 Å². The van der Waals surface area contributed by atoms with Crippen LogP contribution in [0.5, 0.6) is 0 Å². The van der Waals surface area contributed by atoms with Crippen LogP contribution in [0.2, 0.25) is 0 Å². The summed E-state index contributed by atoms with van der Waals surface area (Å²) >= 11 is 0. The number of carboxylic acid groups (broad SMARTS) is 2. The fraction of sp³-hybridized carbons (Fsp3) is 0. The number of benzene rings is 4. The Kier molecular flexibility index (Phi) is 9.38. The van der Waals surface area contributed by atoms with Crippen molar-refractivity contribution in [3.05, 3.63) is 95.1 Å². The highest BCUT2D eigenvalue weighted by Crippen LogP contribution is 2.31. The van der Waals surface area contributed by atoms with E-state index < -0.39 is 42.0 Å². The summed E-state index contributed by atoms with van der Waals surface area (Å²) in [4.78, 5) is 21.2. The van der Waals surface area contributed by atoms with E-state index in [4.69, 9.17) is 21.7 Å². The molecule has 0 bridgehead atoms. The van der Waals surface area contributed by atoms with E-state index in [0.29, 0.717) is 0 Å². The zero-order chi connectivity index (χ0) is 33.8. The molecule has 236 valence electrons. The van der Waals surface area contributed by atoms with Crippen LogP contribution >= 0.6 is 0 Å². The highest BCUT2D eigenvalue weighted by Gasteiger charge is 2.18. The summed E-state index contributed by atoms with van der Waals surface area (Å²) in [5, 5.41) is 33.8. The van der Waals surface area contributed by atoms with Crippen LogP contribution in [0, 0.1) is 0 Å². The lowest BCUT2D eigenvalue weighted by Crippen LogP contribution is -2.01. The van der Waals surface area contributed by atoms with Crippen molar-refractivity contribution in [2.45, 2.75) is 9.79 Å². The van der Waals surface area contributed by atoms with Crippen LogP contribution in [-0.4, -0.2) is 48.1 Å². The number of hydrogen-bond acceptors (Lipinski definition) is 12. The van der Waals surface area contributed by atoms with E-state index in [1.54, 1.807) is 0 Å². The Labute approximate surface area is 260 Å². The van der Waals surface area contributed by atoms with Gasteiger partial charge in [-0.1, -0.05) is 24.3 Å². The smallest absolute Gasteiger partial charge is 0.335 e. The molecule has 0 radical (unpaired) electrons. The zero-order valence-electron chi connectivity index (χ0n) is 23.1. The number of nitrogens with two attached hydrogens (primary N) is 2. The maximum absolute atomic E-state index is 12.2. The second-order valence-electron chi connectivity index (χ2n) is 9.29. The topological polar surface area (TPSA) is 285 Å². The van der Waals surface area contributed by atoms with Crippen LogP contribution in [-0.2, 0) is 20.2 Å². The van der Waals surface area contributed by atoms with Crippen molar-refractivity contribution in [1.29, 1.82) is 0 Å².